The van der Waals surface area contributed by atoms with Crippen molar-refractivity contribution in [3.8, 4) is 5.75 Å². The first-order valence-electron chi connectivity index (χ1n) is 8.84. The molecule has 0 fully saturated rings. The highest BCUT2D eigenvalue weighted by atomic mass is 19.1. The molecule has 0 unspecified atom stereocenters. The van der Waals surface area contributed by atoms with Crippen LogP contribution in [0.25, 0.3) is 0 Å². The van der Waals surface area contributed by atoms with Crippen molar-refractivity contribution in [2.24, 2.45) is 0 Å². The fraction of sp³-hybridized carbons (Fsp3) is 0.300. The third-order valence-electron chi connectivity index (χ3n) is 4.49. The SMILES string of the molecule is COc1cccc(CN(C)C(=O)[C@@H](Cc2cccc(F)c2)n2nnnc2C)c1. The van der Waals surface area contributed by atoms with Crippen LogP contribution in [0.2, 0.25) is 0 Å². The van der Waals surface area contributed by atoms with Gasteiger partial charge in [0.25, 0.3) is 0 Å². The van der Waals surface area contributed by atoms with E-state index in [4.69, 9.17) is 4.74 Å². The van der Waals surface area contributed by atoms with Gasteiger partial charge in [-0.1, -0.05) is 24.3 Å². The molecule has 7 nitrogen and oxygen atoms in total. The van der Waals surface area contributed by atoms with Crippen molar-refractivity contribution >= 4 is 5.91 Å². The number of hydrogen-bond donors (Lipinski definition) is 0. The molecule has 3 rings (SSSR count). The van der Waals surface area contributed by atoms with Crippen LogP contribution < -0.4 is 4.74 Å². The Bertz CT molecular complexity index is 959. The lowest BCUT2D eigenvalue weighted by Crippen LogP contribution is -2.36. The third-order valence-corrected chi connectivity index (χ3v) is 4.49. The lowest BCUT2D eigenvalue weighted by atomic mass is 10.0. The van der Waals surface area contributed by atoms with Crippen LogP contribution in [0.4, 0.5) is 4.39 Å². The minimum absolute atomic E-state index is 0.164. The number of amides is 1. The molecule has 146 valence electrons. The van der Waals surface area contributed by atoms with E-state index in [1.165, 1.54) is 16.8 Å². The minimum Gasteiger partial charge on any atom is -0.497 e. The Morgan fingerprint density at radius 1 is 1.21 bits per heavy atom. The van der Waals surface area contributed by atoms with Gasteiger partial charge in [-0.15, -0.1) is 5.10 Å². The van der Waals surface area contributed by atoms with Crippen LogP contribution in [0.5, 0.6) is 5.75 Å². The van der Waals surface area contributed by atoms with Gasteiger partial charge in [0.2, 0.25) is 5.91 Å². The summed E-state index contributed by atoms with van der Waals surface area (Å²) in [5, 5.41) is 11.5. The largest absolute Gasteiger partial charge is 0.497 e. The average molecular weight is 383 g/mol. The summed E-state index contributed by atoms with van der Waals surface area (Å²) in [5.41, 5.74) is 1.64. The third kappa shape index (κ3) is 4.51. The molecule has 8 heteroatoms. The lowest BCUT2D eigenvalue weighted by molar-refractivity contribution is -0.134. The molecule has 1 atom stereocenters. The molecule has 0 saturated heterocycles. The number of methoxy groups -OCH3 is 1. The van der Waals surface area contributed by atoms with Crippen LogP contribution in [0.1, 0.15) is 23.0 Å². The standard InChI is InChI=1S/C20H22FN5O2/c1-14-22-23-24-26(14)19(12-15-6-4-8-17(21)10-15)20(27)25(2)13-16-7-5-9-18(11-16)28-3/h4-11,19H,12-13H2,1-3H3/t19-/m1/s1. The van der Waals surface area contributed by atoms with E-state index in [9.17, 15) is 9.18 Å². The van der Waals surface area contributed by atoms with E-state index in [0.717, 1.165) is 11.3 Å². The molecule has 0 aliphatic heterocycles. The summed E-state index contributed by atoms with van der Waals surface area (Å²) in [4.78, 5) is 14.8. The van der Waals surface area contributed by atoms with Crippen molar-refractivity contribution in [1.29, 1.82) is 0 Å². The van der Waals surface area contributed by atoms with E-state index in [1.807, 2.05) is 24.3 Å². The topological polar surface area (TPSA) is 73.1 Å². The number of carbonyl (C=O) groups is 1. The molecular weight excluding hydrogens is 361 g/mol. The van der Waals surface area contributed by atoms with E-state index in [0.29, 0.717) is 17.9 Å². The van der Waals surface area contributed by atoms with Crippen molar-refractivity contribution in [2.75, 3.05) is 14.2 Å². The zero-order valence-electron chi connectivity index (χ0n) is 16.0. The smallest absolute Gasteiger partial charge is 0.247 e. The van der Waals surface area contributed by atoms with Crippen molar-refractivity contribution in [3.05, 3.63) is 71.3 Å². The normalized spacial score (nSPS) is 11.9. The summed E-state index contributed by atoms with van der Waals surface area (Å²) in [6, 6.07) is 13.1. The van der Waals surface area contributed by atoms with Crippen LogP contribution in [-0.4, -0.2) is 45.2 Å². The number of hydrogen-bond acceptors (Lipinski definition) is 5. The van der Waals surface area contributed by atoms with Crippen molar-refractivity contribution in [1.82, 2.24) is 25.1 Å². The first-order valence-corrected chi connectivity index (χ1v) is 8.84. The summed E-state index contributed by atoms with van der Waals surface area (Å²) < 4.78 is 20.3. The molecule has 0 N–H and O–H groups in total. The number of ether oxygens (including phenoxy) is 1. The minimum atomic E-state index is -0.674. The predicted molar refractivity (Wildman–Crippen MR) is 101 cm³/mol. The molecule has 0 aliphatic carbocycles. The molecule has 1 heterocycles. The Kier molecular flexibility index (Phi) is 5.98. The summed E-state index contributed by atoms with van der Waals surface area (Å²) in [5.74, 6) is 0.736. The summed E-state index contributed by atoms with van der Waals surface area (Å²) in [6.45, 7) is 2.13. The Morgan fingerprint density at radius 2 is 1.96 bits per heavy atom. The Balaban J connectivity index is 1.84. The molecule has 0 saturated carbocycles. The zero-order valence-corrected chi connectivity index (χ0v) is 16.0. The second kappa shape index (κ2) is 8.60. The number of carbonyl (C=O) groups excluding carboxylic acids is 1. The summed E-state index contributed by atoms with van der Waals surface area (Å²) in [7, 11) is 3.32. The number of tetrazole rings is 1. The van der Waals surface area contributed by atoms with E-state index in [2.05, 4.69) is 15.5 Å². The highest BCUT2D eigenvalue weighted by molar-refractivity contribution is 5.80. The molecule has 1 amide bonds. The van der Waals surface area contributed by atoms with Crippen molar-refractivity contribution in [2.45, 2.75) is 25.9 Å². The number of halogens is 1. The molecule has 28 heavy (non-hydrogen) atoms. The number of likely N-dealkylation sites (N-methyl/N-ethyl adjacent to an activating group) is 1. The number of benzene rings is 2. The Labute approximate surface area is 162 Å². The first-order chi connectivity index (χ1) is 13.5. The number of nitrogens with zero attached hydrogens (tertiary/aromatic N) is 5. The molecule has 0 aliphatic rings. The maximum atomic E-state index is 13.6. The lowest BCUT2D eigenvalue weighted by Gasteiger charge is -2.24. The highest BCUT2D eigenvalue weighted by Crippen LogP contribution is 2.20. The van der Waals surface area contributed by atoms with Gasteiger partial charge in [-0.05, 0) is 52.7 Å². The average Bonchev–Trinajstić information content (AvgIpc) is 3.11. The molecular formula is C20H22FN5O2. The van der Waals surface area contributed by atoms with Crippen molar-refractivity contribution < 1.29 is 13.9 Å². The molecule has 2 aromatic carbocycles. The Morgan fingerprint density at radius 3 is 2.64 bits per heavy atom. The second-order valence-electron chi connectivity index (χ2n) is 6.57. The number of aryl methyl sites for hydroxylation is 1. The fourth-order valence-electron chi connectivity index (χ4n) is 3.07. The zero-order chi connectivity index (χ0) is 20.1. The molecule has 0 spiro atoms. The van der Waals surface area contributed by atoms with E-state index < -0.39 is 6.04 Å². The van der Waals surface area contributed by atoms with Gasteiger partial charge in [-0.3, -0.25) is 4.79 Å². The van der Waals surface area contributed by atoms with Crippen LogP contribution in [0.3, 0.4) is 0 Å². The van der Waals surface area contributed by atoms with Gasteiger partial charge < -0.3 is 9.64 Å². The van der Waals surface area contributed by atoms with Gasteiger partial charge in [-0.25, -0.2) is 9.07 Å². The molecule has 3 aromatic rings. The number of aromatic nitrogens is 4. The van der Waals surface area contributed by atoms with Crippen LogP contribution in [0.15, 0.2) is 48.5 Å². The first kappa shape index (κ1) is 19.5. The monoisotopic (exact) mass is 383 g/mol. The molecule has 0 bridgehead atoms. The van der Waals surface area contributed by atoms with Crippen LogP contribution in [0, 0.1) is 12.7 Å². The summed E-state index contributed by atoms with van der Waals surface area (Å²) >= 11 is 0. The van der Waals surface area contributed by atoms with Crippen LogP contribution >= 0.6 is 0 Å². The van der Waals surface area contributed by atoms with E-state index in [-0.39, 0.29) is 18.1 Å². The maximum absolute atomic E-state index is 13.6. The van der Waals surface area contributed by atoms with Gasteiger partial charge in [0.05, 0.1) is 7.11 Å². The Hall–Kier alpha value is -3.29. The van der Waals surface area contributed by atoms with Gasteiger partial charge in [-0.2, -0.15) is 0 Å². The number of rotatable bonds is 7. The van der Waals surface area contributed by atoms with Crippen molar-refractivity contribution in [3.63, 3.8) is 0 Å². The fourth-order valence-corrected chi connectivity index (χ4v) is 3.07. The second-order valence-corrected chi connectivity index (χ2v) is 6.57. The molecule has 1 aromatic heterocycles. The van der Waals surface area contributed by atoms with E-state index >= 15 is 0 Å². The van der Waals surface area contributed by atoms with Crippen LogP contribution in [-0.2, 0) is 17.8 Å². The van der Waals surface area contributed by atoms with E-state index in [1.54, 1.807) is 38.1 Å². The predicted octanol–water partition coefficient (Wildman–Crippen LogP) is 2.57. The van der Waals surface area contributed by atoms with Gasteiger partial charge >= 0.3 is 0 Å². The van der Waals surface area contributed by atoms with Gasteiger partial charge in [0.15, 0.2) is 0 Å². The quantitative estimate of drug-likeness (QED) is 0.627. The summed E-state index contributed by atoms with van der Waals surface area (Å²) in [6.07, 6.45) is 0.283. The highest BCUT2D eigenvalue weighted by Gasteiger charge is 2.27. The maximum Gasteiger partial charge on any atom is 0.247 e. The van der Waals surface area contributed by atoms with Gasteiger partial charge in [0.1, 0.15) is 23.4 Å². The molecule has 0 radical (unpaired) electrons. The van der Waals surface area contributed by atoms with Gasteiger partial charge in [0, 0.05) is 20.0 Å².